The zero-order valence-electron chi connectivity index (χ0n) is 14.3. The predicted molar refractivity (Wildman–Crippen MR) is 84.5 cm³/mol. The van der Waals surface area contributed by atoms with Gasteiger partial charge >= 0.3 is 0 Å². The molecule has 0 radical (unpaired) electrons. The molecular weight excluding hydrogens is 248 g/mol. The fraction of sp³-hybridized carbons (Fsp3) is 0.944. The van der Waals surface area contributed by atoms with Gasteiger partial charge in [-0.2, -0.15) is 0 Å². The van der Waals surface area contributed by atoms with Crippen LogP contribution in [-0.4, -0.2) is 18.0 Å². The molecule has 1 aliphatic carbocycles. The smallest absolute Gasteiger partial charge is 0.126 e. The van der Waals surface area contributed by atoms with E-state index in [1.165, 1.54) is 19.1 Å². The lowest BCUT2D eigenvalue weighted by atomic mass is 9.53. The molecule has 2 heteroatoms. The van der Waals surface area contributed by atoms with Crippen molar-refractivity contribution in [1.82, 2.24) is 0 Å². The molecule has 0 amide bonds. The monoisotopic (exact) mass is 282 g/mol. The van der Waals surface area contributed by atoms with E-state index in [2.05, 4.69) is 41.5 Å². The van der Waals surface area contributed by atoms with Crippen LogP contribution in [0, 0.1) is 34.5 Å². The minimum absolute atomic E-state index is 0.196. The van der Waals surface area contributed by atoms with Crippen LogP contribution < -0.4 is 0 Å². The number of aliphatic hydroxyl groups excluding tert-OH is 1. The maximum Gasteiger partial charge on any atom is 0.126 e. The van der Waals surface area contributed by atoms with Gasteiger partial charge in [0.25, 0.3) is 0 Å². The minimum atomic E-state index is -0.196. The van der Waals surface area contributed by atoms with Crippen molar-refractivity contribution in [2.24, 2.45) is 34.5 Å². The van der Waals surface area contributed by atoms with E-state index in [1.807, 2.05) is 0 Å². The molecule has 1 rings (SSSR count). The van der Waals surface area contributed by atoms with Crippen molar-refractivity contribution in [3.63, 3.8) is 0 Å². The van der Waals surface area contributed by atoms with E-state index in [9.17, 15) is 9.90 Å². The van der Waals surface area contributed by atoms with Crippen LogP contribution >= 0.6 is 0 Å². The van der Waals surface area contributed by atoms with Crippen LogP contribution in [0.4, 0.5) is 0 Å². The molecule has 0 aromatic heterocycles. The molecule has 0 spiro atoms. The molecule has 1 saturated carbocycles. The molecule has 2 nitrogen and oxygen atoms in total. The molecule has 0 saturated heterocycles. The molecule has 0 aromatic carbocycles. The average molecular weight is 282 g/mol. The first-order valence-electron chi connectivity index (χ1n) is 8.31. The van der Waals surface area contributed by atoms with E-state index < -0.39 is 0 Å². The number of aldehydes is 1. The normalized spacial score (nSPS) is 34.2. The van der Waals surface area contributed by atoms with Gasteiger partial charge in [0.05, 0.1) is 0 Å². The zero-order valence-corrected chi connectivity index (χ0v) is 14.3. The maximum absolute atomic E-state index is 11.5. The number of aliphatic hydroxyl groups is 1. The second-order valence-electron chi connectivity index (χ2n) is 7.83. The molecule has 1 fully saturated rings. The van der Waals surface area contributed by atoms with E-state index in [1.54, 1.807) is 0 Å². The quantitative estimate of drug-likeness (QED) is 0.737. The number of rotatable bonds is 6. The van der Waals surface area contributed by atoms with E-state index in [0.29, 0.717) is 30.3 Å². The Labute approximate surface area is 125 Å². The molecular formula is C18H34O2. The summed E-state index contributed by atoms with van der Waals surface area (Å²) in [5.74, 6) is 2.23. The van der Waals surface area contributed by atoms with Crippen molar-refractivity contribution in [2.45, 2.75) is 67.2 Å². The summed E-state index contributed by atoms with van der Waals surface area (Å²) >= 11 is 0. The third kappa shape index (κ3) is 3.10. The lowest BCUT2D eigenvalue weighted by molar-refractivity contribution is -0.122. The maximum atomic E-state index is 11.5. The molecule has 0 heterocycles. The number of carbonyl (C=O) groups excluding carboxylic acids is 1. The van der Waals surface area contributed by atoms with Gasteiger partial charge in [-0.1, -0.05) is 41.5 Å². The summed E-state index contributed by atoms with van der Waals surface area (Å²) < 4.78 is 0. The third-order valence-corrected chi connectivity index (χ3v) is 6.91. The summed E-state index contributed by atoms with van der Waals surface area (Å²) in [5, 5.41) is 9.27. The van der Waals surface area contributed by atoms with Crippen molar-refractivity contribution in [2.75, 3.05) is 6.61 Å². The summed E-state index contributed by atoms with van der Waals surface area (Å²) in [7, 11) is 0. The standard InChI is InChI=1S/C18H34O2/c1-7-18(6,12-20)14(3)16-9-8-15(10-11-19)17(4,5)13(16)2/h12-16,19H,7-11H2,1-6H3/t13?,14?,15?,16?,18-/m1/s1. The molecule has 0 bridgehead atoms. The number of hydrogen-bond donors (Lipinski definition) is 1. The SMILES string of the molecule is CC[C@](C)(C=O)C(C)C1CCC(CCO)C(C)(C)C1C. The highest BCUT2D eigenvalue weighted by atomic mass is 16.3. The Kier molecular flexibility index (Phi) is 5.83. The van der Waals surface area contributed by atoms with Crippen LogP contribution in [-0.2, 0) is 4.79 Å². The third-order valence-electron chi connectivity index (χ3n) is 6.91. The fourth-order valence-electron chi connectivity index (χ4n) is 4.30. The molecule has 118 valence electrons. The van der Waals surface area contributed by atoms with Gasteiger partial charge in [0, 0.05) is 12.0 Å². The van der Waals surface area contributed by atoms with Gasteiger partial charge in [-0.05, 0) is 54.8 Å². The van der Waals surface area contributed by atoms with Crippen LogP contribution in [0.25, 0.3) is 0 Å². The van der Waals surface area contributed by atoms with Crippen LogP contribution in [0.3, 0.4) is 0 Å². The lowest BCUT2D eigenvalue weighted by Gasteiger charge is -2.52. The summed E-state index contributed by atoms with van der Waals surface area (Å²) in [6, 6.07) is 0. The summed E-state index contributed by atoms with van der Waals surface area (Å²) in [4.78, 5) is 11.5. The first-order chi connectivity index (χ1) is 9.24. The molecule has 4 unspecified atom stereocenters. The van der Waals surface area contributed by atoms with Crippen LogP contribution in [0.1, 0.15) is 67.2 Å². The summed E-state index contributed by atoms with van der Waals surface area (Å²) in [6.07, 6.45) is 5.39. The molecule has 0 aromatic rings. The van der Waals surface area contributed by atoms with Gasteiger partial charge in [-0.3, -0.25) is 0 Å². The van der Waals surface area contributed by atoms with Crippen LogP contribution in [0.15, 0.2) is 0 Å². The minimum Gasteiger partial charge on any atom is -0.396 e. The molecule has 5 atom stereocenters. The average Bonchev–Trinajstić information content (AvgIpc) is 2.43. The fourth-order valence-corrected chi connectivity index (χ4v) is 4.30. The van der Waals surface area contributed by atoms with Gasteiger partial charge in [-0.15, -0.1) is 0 Å². The van der Waals surface area contributed by atoms with Crippen molar-refractivity contribution >= 4 is 6.29 Å². The van der Waals surface area contributed by atoms with Crippen molar-refractivity contribution in [1.29, 1.82) is 0 Å². The molecule has 20 heavy (non-hydrogen) atoms. The zero-order chi connectivity index (χ0) is 15.6. The predicted octanol–water partition coefficient (Wildman–Crippen LogP) is 4.31. The van der Waals surface area contributed by atoms with Crippen molar-refractivity contribution in [3.8, 4) is 0 Å². The van der Waals surface area contributed by atoms with E-state index in [-0.39, 0.29) is 10.8 Å². The highest BCUT2D eigenvalue weighted by molar-refractivity contribution is 5.59. The van der Waals surface area contributed by atoms with Crippen molar-refractivity contribution in [3.05, 3.63) is 0 Å². The Balaban J connectivity index is 2.92. The van der Waals surface area contributed by atoms with Crippen LogP contribution in [0.5, 0.6) is 0 Å². The second kappa shape index (κ2) is 6.60. The largest absolute Gasteiger partial charge is 0.396 e. The van der Waals surface area contributed by atoms with Gasteiger partial charge < -0.3 is 9.90 Å². The van der Waals surface area contributed by atoms with Gasteiger partial charge in [-0.25, -0.2) is 0 Å². The number of hydrogen-bond acceptors (Lipinski definition) is 2. The Bertz CT molecular complexity index is 323. The second-order valence-corrected chi connectivity index (χ2v) is 7.83. The summed E-state index contributed by atoms with van der Waals surface area (Å²) in [6.45, 7) is 13.8. The van der Waals surface area contributed by atoms with Crippen molar-refractivity contribution < 1.29 is 9.90 Å². The van der Waals surface area contributed by atoms with Crippen LogP contribution in [0.2, 0.25) is 0 Å². The Morgan fingerprint density at radius 2 is 2.00 bits per heavy atom. The Hall–Kier alpha value is -0.370. The van der Waals surface area contributed by atoms with E-state index in [4.69, 9.17) is 0 Å². The molecule has 1 aliphatic rings. The molecule has 0 aliphatic heterocycles. The Morgan fingerprint density at radius 1 is 1.40 bits per heavy atom. The van der Waals surface area contributed by atoms with Gasteiger partial charge in [0.15, 0.2) is 0 Å². The first kappa shape index (κ1) is 17.7. The number of carbonyl (C=O) groups is 1. The summed E-state index contributed by atoms with van der Waals surface area (Å²) in [5.41, 5.74) is 0.0518. The van der Waals surface area contributed by atoms with Gasteiger partial charge in [0.2, 0.25) is 0 Å². The highest BCUT2D eigenvalue weighted by Crippen LogP contribution is 2.53. The van der Waals surface area contributed by atoms with E-state index >= 15 is 0 Å². The molecule has 1 N–H and O–H groups in total. The highest BCUT2D eigenvalue weighted by Gasteiger charge is 2.47. The lowest BCUT2D eigenvalue weighted by Crippen LogP contribution is -2.46. The van der Waals surface area contributed by atoms with E-state index in [0.717, 1.165) is 12.8 Å². The first-order valence-corrected chi connectivity index (χ1v) is 8.31. The topological polar surface area (TPSA) is 37.3 Å². The Morgan fingerprint density at radius 3 is 2.45 bits per heavy atom. The van der Waals surface area contributed by atoms with Gasteiger partial charge in [0.1, 0.15) is 6.29 Å².